The van der Waals surface area contributed by atoms with Crippen LogP contribution in [0.2, 0.25) is 0 Å². The summed E-state index contributed by atoms with van der Waals surface area (Å²) >= 11 is 1.67. The molecule has 2 aromatic rings. The number of nitrogens with zero attached hydrogens (tertiary/aromatic N) is 3. The third-order valence-corrected chi connectivity index (χ3v) is 11.6. The van der Waals surface area contributed by atoms with Gasteiger partial charge in [-0.1, -0.05) is 81.5 Å². The Hall–Kier alpha value is -3.36. The number of aliphatic hydroxyl groups is 1. The molecule has 0 aromatic heterocycles. The molecule has 0 saturated carbocycles. The Morgan fingerprint density at radius 3 is 2.27 bits per heavy atom. The zero-order valence-electron chi connectivity index (χ0n) is 26.0. The molecular weight excluding hydrogens is 570 g/mol. The van der Waals surface area contributed by atoms with E-state index < -0.39 is 28.7 Å². The number of rotatable bonds is 13. The van der Waals surface area contributed by atoms with Gasteiger partial charge in [-0.25, -0.2) is 0 Å². The summed E-state index contributed by atoms with van der Waals surface area (Å²) in [5.74, 6) is -1.46. The first-order chi connectivity index (χ1) is 21.2. The Kier molecular flexibility index (Phi) is 9.71. The normalized spacial score (nSPS) is 27.7. The molecule has 0 aliphatic carbocycles. The molecule has 3 aliphatic heterocycles. The number of para-hydroxylation sites is 1. The van der Waals surface area contributed by atoms with Gasteiger partial charge >= 0.3 is 0 Å². The van der Waals surface area contributed by atoms with Crippen LogP contribution in [0, 0.1) is 23.7 Å². The van der Waals surface area contributed by atoms with Crippen molar-refractivity contribution >= 4 is 35.2 Å². The second kappa shape index (κ2) is 13.3. The summed E-state index contributed by atoms with van der Waals surface area (Å²) in [6, 6.07) is 18.0. The van der Waals surface area contributed by atoms with Crippen LogP contribution in [0.1, 0.15) is 39.2 Å². The quantitative estimate of drug-likeness (QED) is 0.315. The van der Waals surface area contributed by atoms with E-state index in [1.807, 2.05) is 60.7 Å². The van der Waals surface area contributed by atoms with E-state index in [2.05, 4.69) is 33.9 Å². The van der Waals surface area contributed by atoms with Gasteiger partial charge in [0.25, 0.3) is 0 Å². The third kappa shape index (κ3) is 5.51. The molecule has 1 spiro atoms. The number of amides is 3. The predicted molar refractivity (Wildman–Crippen MR) is 177 cm³/mol. The zero-order valence-corrected chi connectivity index (χ0v) is 26.9. The Balaban J connectivity index is 1.60. The molecular formula is C36H45N3O4S. The molecule has 3 aliphatic rings. The van der Waals surface area contributed by atoms with E-state index in [9.17, 15) is 19.5 Å². The number of anilines is 1. The number of likely N-dealkylation sites (tertiary alicyclic amines) is 1. The molecule has 5 rings (SSSR count). The van der Waals surface area contributed by atoms with Crippen molar-refractivity contribution in [2.45, 2.75) is 62.2 Å². The number of aliphatic hydroxyl groups excluding tert-OH is 1. The van der Waals surface area contributed by atoms with Crippen LogP contribution in [-0.4, -0.2) is 74.4 Å². The Bertz CT molecular complexity index is 1370. The van der Waals surface area contributed by atoms with Gasteiger partial charge in [0.15, 0.2) is 0 Å². The number of carbonyl (C=O) groups is 3. The highest BCUT2D eigenvalue weighted by Crippen LogP contribution is 2.69. The molecule has 2 bridgehead atoms. The predicted octanol–water partition coefficient (Wildman–Crippen LogP) is 5.16. The summed E-state index contributed by atoms with van der Waals surface area (Å²) in [6.07, 6.45) is 4.73. The maximum atomic E-state index is 14.9. The molecule has 3 heterocycles. The first kappa shape index (κ1) is 32.0. The second-order valence-corrected chi connectivity index (χ2v) is 14.4. The van der Waals surface area contributed by atoms with E-state index >= 15 is 0 Å². The SMILES string of the molecule is C=CCN(Cc1ccccc1)C(=O)C1N([C@@H](CO)CC(C)C)C(=O)[C@@H]2[C@H](C(=O)N(CC=C)c3ccccc3)[C@@H]3CC(C)C12S3. The number of hydrogen-bond donors (Lipinski definition) is 1. The summed E-state index contributed by atoms with van der Waals surface area (Å²) in [6.45, 7) is 14.8. The van der Waals surface area contributed by atoms with Crippen LogP contribution in [-0.2, 0) is 20.9 Å². The maximum absolute atomic E-state index is 14.9. The average molecular weight is 616 g/mol. The van der Waals surface area contributed by atoms with Crippen molar-refractivity contribution in [1.82, 2.24) is 9.80 Å². The van der Waals surface area contributed by atoms with Gasteiger partial charge in [-0.15, -0.1) is 24.9 Å². The Morgan fingerprint density at radius 2 is 1.68 bits per heavy atom. The van der Waals surface area contributed by atoms with Crippen molar-refractivity contribution < 1.29 is 19.5 Å². The molecule has 3 saturated heterocycles. The zero-order chi connectivity index (χ0) is 31.6. The van der Waals surface area contributed by atoms with Crippen LogP contribution in [0.4, 0.5) is 5.69 Å². The van der Waals surface area contributed by atoms with Crippen LogP contribution >= 0.6 is 11.8 Å². The van der Waals surface area contributed by atoms with Crippen LogP contribution in [0.5, 0.6) is 0 Å². The molecule has 3 amide bonds. The Morgan fingerprint density at radius 1 is 1.05 bits per heavy atom. The van der Waals surface area contributed by atoms with Gasteiger partial charge in [-0.05, 0) is 42.4 Å². The van der Waals surface area contributed by atoms with Crippen LogP contribution < -0.4 is 4.90 Å². The summed E-state index contributed by atoms with van der Waals surface area (Å²) < 4.78 is -0.782. The van der Waals surface area contributed by atoms with Crippen LogP contribution in [0.15, 0.2) is 86.0 Å². The molecule has 8 heteroatoms. The minimum Gasteiger partial charge on any atom is -0.394 e. The van der Waals surface area contributed by atoms with Gasteiger partial charge in [-0.2, -0.15) is 0 Å². The fourth-order valence-corrected chi connectivity index (χ4v) is 10.2. The topological polar surface area (TPSA) is 81.2 Å². The largest absolute Gasteiger partial charge is 0.394 e. The molecule has 7 atom stereocenters. The minimum absolute atomic E-state index is 0.0275. The van der Waals surface area contributed by atoms with Gasteiger partial charge in [-0.3, -0.25) is 14.4 Å². The van der Waals surface area contributed by atoms with Gasteiger partial charge in [0, 0.05) is 30.6 Å². The smallest absolute Gasteiger partial charge is 0.247 e. The van der Waals surface area contributed by atoms with Crippen LogP contribution in [0.25, 0.3) is 0 Å². The highest BCUT2D eigenvalue weighted by molar-refractivity contribution is 8.02. The monoisotopic (exact) mass is 615 g/mol. The van der Waals surface area contributed by atoms with E-state index in [0.29, 0.717) is 26.1 Å². The maximum Gasteiger partial charge on any atom is 0.247 e. The molecule has 1 N–H and O–H groups in total. The molecule has 234 valence electrons. The van der Waals surface area contributed by atoms with Gasteiger partial charge in [0.1, 0.15) is 6.04 Å². The lowest BCUT2D eigenvalue weighted by molar-refractivity contribution is -0.146. The fourth-order valence-electron chi connectivity index (χ4n) is 7.84. The van der Waals surface area contributed by atoms with Crippen molar-refractivity contribution in [2.75, 3.05) is 24.6 Å². The van der Waals surface area contributed by atoms with E-state index in [0.717, 1.165) is 17.7 Å². The number of carbonyl (C=O) groups excluding carboxylic acids is 3. The first-order valence-electron chi connectivity index (χ1n) is 15.7. The number of fused-ring (bicyclic) bond motifs is 1. The fraction of sp³-hybridized carbons (Fsp3) is 0.472. The van der Waals surface area contributed by atoms with Gasteiger partial charge in [0.2, 0.25) is 17.7 Å². The summed E-state index contributed by atoms with van der Waals surface area (Å²) in [7, 11) is 0. The van der Waals surface area contributed by atoms with E-state index in [1.165, 1.54) is 0 Å². The number of thioether (sulfide) groups is 1. The molecule has 7 nitrogen and oxygen atoms in total. The summed E-state index contributed by atoms with van der Waals surface area (Å²) in [5.41, 5.74) is 1.75. The molecule has 3 unspecified atom stereocenters. The van der Waals surface area contributed by atoms with Gasteiger partial charge < -0.3 is 19.8 Å². The Labute approximate surface area is 266 Å². The van der Waals surface area contributed by atoms with Crippen LogP contribution in [0.3, 0.4) is 0 Å². The van der Waals surface area contributed by atoms with Crippen molar-refractivity contribution in [3.63, 3.8) is 0 Å². The summed E-state index contributed by atoms with van der Waals surface area (Å²) in [4.78, 5) is 49.4. The van der Waals surface area contributed by atoms with Crippen molar-refractivity contribution in [1.29, 1.82) is 0 Å². The lowest BCUT2D eigenvalue weighted by atomic mass is 9.65. The van der Waals surface area contributed by atoms with Crippen molar-refractivity contribution in [3.05, 3.63) is 91.5 Å². The second-order valence-electron chi connectivity index (χ2n) is 12.8. The number of hydrogen-bond acceptors (Lipinski definition) is 5. The highest BCUT2D eigenvalue weighted by atomic mass is 32.2. The summed E-state index contributed by atoms with van der Waals surface area (Å²) in [5, 5.41) is 10.6. The number of benzene rings is 2. The molecule has 3 fully saturated rings. The average Bonchev–Trinajstić information content (AvgIpc) is 3.62. The molecule has 2 aromatic carbocycles. The highest BCUT2D eigenvalue weighted by Gasteiger charge is 2.77. The van der Waals surface area contributed by atoms with E-state index in [4.69, 9.17) is 0 Å². The van der Waals surface area contributed by atoms with E-state index in [1.54, 1.807) is 38.6 Å². The third-order valence-electron chi connectivity index (χ3n) is 9.57. The van der Waals surface area contributed by atoms with Crippen molar-refractivity contribution in [3.8, 4) is 0 Å². The minimum atomic E-state index is -0.799. The first-order valence-corrected chi connectivity index (χ1v) is 16.6. The van der Waals surface area contributed by atoms with Gasteiger partial charge in [0.05, 0.1) is 29.2 Å². The molecule has 44 heavy (non-hydrogen) atoms. The standard InChI is InChI=1S/C36H45N3O4S/c1-6-18-37(22-26-14-10-8-11-15-26)35(43)32-36-25(5)21-29(44-36)30(31(36)34(42)39(32)28(23-40)20-24(3)4)33(41)38(19-7-2)27-16-12-9-13-17-27/h6-17,24-25,28-32,40H,1-2,18-23H2,3-5H3/t25?,28-,29+,30-,31+,32?,36?/m1/s1. The lowest BCUT2D eigenvalue weighted by Crippen LogP contribution is -2.59. The van der Waals surface area contributed by atoms with E-state index in [-0.39, 0.29) is 41.4 Å². The molecule has 0 radical (unpaired) electrons. The van der Waals surface area contributed by atoms with Crippen molar-refractivity contribution in [2.24, 2.45) is 23.7 Å². The lowest BCUT2D eigenvalue weighted by Gasteiger charge is -2.42.